The van der Waals surface area contributed by atoms with Crippen molar-refractivity contribution in [3.05, 3.63) is 0 Å². The maximum Gasteiger partial charge on any atom is 0.223 e. The molecule has 0 atom stereocenters. The Morgan fingerprint density at radius 2 is 2.27 bits per heavy atom. The summed E-state index contributed by atoms with van der Waals surface area (Å²) in [6.07, 6.45) is 0.969. The summed E-state index contributed by atoms with van der Waals surface area (Å²) >= 11 is 0. The molecule has 0 spiro atoms. The van der Waals surface area contributed by atoms with Gasteiger partial charge in [-0.25, -0.2) is 0 Å². The van der Waals surface area contributed by atoms with Crippen LogP contribution >= 0.6 is 0 Å². The van der Waals surface area contributed by atoms with E-state index < -0.39 is 0 Å². The van der Waals surface area contributed by atoms with Crippen molar-refractivity contribution in [3.63, 3.8) is 0 Å². The van der Waals surface area contributed by atoms with Crippen LogP contribution in [0.4, 0.5) is 0 Å². The van der Waals surface area contributed by atoms with E-state index in [-0.39, 0.29) is 11.9 Å². The van der Waals surface area contributed by atoms with Crippen molar-refractivity contribution < 1.29 is 4.79 Å². The molecule has 0 saturated carbocycles. The molecule has 0 heterocycles. The van der Waals surface area contributed by atoms with Crippen molar-refractivity contribution in [1.82, 2.24) is 10.7 Å². The second-order valence-electron chi connectivity index (χ2n) is 2.09. The van der Waals surface area contributed by atoms with Gasteiger partial charge in [0, 0.05) is 13.5 Å². The first-order chi connectivity index (χ1) is 5.16. The molecule has 0 aromatic heterocycles. The van der Waals surface area contributed by atoms with E-state index in [0.717, 1.165) is 13.0 Å². The molecule has 0 aromatic carbocycles. The van der Waals surface area contributed by atoms with Crippen LogP contribution in [-0.4, -0.2) is 18.4 Å². The molecule has 0 fully saturated rings. The fourth-order valence-electron chi connectivity index (χ4n) is 0.461. The Kier molecular flexibility index (Phi) is 4.89. The van der Waals surface area contributed by atoms with Crippen LogP contribution in [0.25, 0.3) is 0 Å². The molecule has 64 valence electrons. The number of rotatable bonds is 3. The average Bonchev–Trinajstić information content (AvgIpc) is 1.86. The number of hydrogen-bond donors (Lipinski definition) is 3. The normalized spacial score (nSPS) is 10.9. The maximum atomic E-state index is 10.4. The molecule has 0 radical (unpaired) electrons. The van der Waals surface area contributed by atoms with Gasteiger partial charge in [0.25, 0.3) is 0 Å². The van der Waals surface area contributed by atoms with E-state index in [1.807, 2.05) is 6.92 Å². The van der Waals surface area contributed by atoms with Crippen molar-refractivity contribution in [3.8, 4) is 0 Å². The number of amides is 1. The van der Waals surface area contributed by atoms with Crippen LogP contribution in [-0.2, 0) is 4.79 Å². The van der Waals surface area contributed by atoms with E-state index in [4.69, 9.17) is 5.73 Å². The fourth-order valence-corrected chi connectivity index (χ4v) is 0.461. The molecule has 0 saturated heterocycles. The Morgan fingerprint density at radius 3 is 2.73 bits per heavy atom. The second kappa shape index (κ2) is 5.52. The van der Waals surface area contributed by atoms with Gasteiger partial charge in [-0.15, -0.1) is 5.10 Å². The van der Waals surface area contributed by atoms with E-state index in [9.17, 15) is 4.79 Å². The first-order valence-corrected chi connectivity index (χ1v) is 3.50. The molecule has 4 N–H and O–H groups in total. The molecule has 0 aliphatic carbocycles. The Labute approximate surface area is 66.0 Å². The first-order valence-electron chi connectivity index (χ1n) is 3.50. The smallest absolute Gasteiger partial charge is 0.223 e. The van der Waals surface area contributed by atoms with Crippen LogP contribution in [0.1, 0.15) is 20.3 Å². The molecule has 0 aromatic rings. The predicted molar refractivity (Wildman–Crippen MR) is 43.7 cm³/mol. The minimum absolute atomic E-state index is 0.103. The topological polar surface area (TPSA) is 79.5 Å². The van der Waals surface area contributed by atoms with Crippen LogP contribution in [0.5, 0.6) is 0 Å². The number of nitrogens with zero attached hydrogens (tertiary/aromatic N) is 1. The van der Waals surface area contributed by atoms with Crippen molar-refractivity contribution in [1.29, 1.82) is 0 Å². The van der Waals surface area contributed by atoms with Gasteiger partial charge in [-0.2, -0.15) is 0 Å². The monoisotopic (exact) mass is 158 g/mol. The quantitative estimate of drug-likeness (QED) is 0.221. The Bertz CT molecular complexity index is 155. The van der Waals surface area contributed by atoms with E-state index in [1.54, 1.807) is 0 Å². The fraction of sp³-hybridized carbons (Fsp3) is 0.667. The molecule has 0 unspecified atom stereocenters. The van der Waals surface area contributed by atoms with Gasteiger partial charge in [-0.1, -0.05) is 6.92 Å². The lowest BCUT2D eigenvalue weighted by molar-refractivity contribution is -0.117. The van der Waals surface area contributed by atoms with Crippen LogP contribution in [0.3, 0.4) is 0 Å². The predicted octanol–water partition coefficient (Wildman–Crippen LogP) is -0.648. The molecule has 5 nitrogen and oxygen atoms in total. The van der Waals surface area contributed by atoms with Crippen molar-refractivity contribution in [2.45, 2.75) is 20.3 Å². The third-order valence-corrected chi connectivity index (χ3v) is 0.865. The van der Waals surface area contributed by atoms with Gasteiger partial charge >= 0.3 is 0 Å². The average molecular weight is 158 g/mol. The van der Waals surface area contributed by atoms with Gasteiger partial charge in [0.15, 0.2) is 0 Å². The second-order valence-corrected chi connectivity index (χ2v) is 2.09. The molecular weight excluding hydrogens is 144 g/mol. The van der Waals surface area contributed by atoms with Crippen molar-refractivity contribution in [2.75, 3.05) is 6.54 Å². The summed E-state index contributed by atoms with van der Waals surface area (Å²) in [5.74, 6) is -0.115. The van der Waals surface area contributed by atoms with Crippen molar-refractivity contribution in [2.24, 2.45) is 10.8 Å². The van der Waals surface area contributed by atoms with Gasteiger partial charge in [-0.05, 0) is 6.42 Å². The van der Waals surface area contributed by atoms with Crippen LogP contribution in [0.15, 0.2) is 5.10 Å². The van der Waals surface area contributed by atoms with E-state index in [2.05, 4.69) is 15.8 Å². The molecular formula is C6H14N4O. The Hall–Kier alpha value is -1.26. The van der Waals surface area contributed by atoms with E-state index in [0.29, 0.717) is 0 Å². The summed E-state index contributed by atoms with van der Waals surface area (Å²) in [6.45, 7) is 4.14. The van der Waals surface area contributed by atoms with E-state index in [1.165, 1.54) is 6.92 Å². The summed E-state index contributed by atoms with van der Waals surface area (Å²) < 4.78 is 0. The highest BCUT2D eigenvalue weighted by Crippen LogP contribution is 1.69. The summed E-state index contributed by atoms with van der Waals surface area (Å²) in [6, 6.07) is 0. The lowest BCUT2D eigenvalue weighted by Crippen LogP contribution is -2.36. The molecule has 0 bridgehead atoms. The third-order valence-electron chi connectivity index (χ3n) is 0.865. The highest BCUT2D eigenvalue weighted by molar-refractivity contribution is 5.94. The molecule has 0 rings (SSSR count). The Morgan fingerprint density at radius 1 is 1.64 bits per heavy atom. The van der Waals surface area contributed by atoms with Gasteiger partial charge < -0.3 is 11.2 Å². The molecule has 1 amide bonds. The van der Waals surface area contributed by atoms with Crippen molar-refractivity contribution >= 4 is 11.9 Å². The summed E-state index contributed by atoms with van der Waals surface area (Å²) in [5.41, 5.74) is 7.96. The SMILES string of the molecule is CCCN/N=C(/N)NC(C)=O. The number of nitrogens with two attached hydrogens (primary N) is 1. The van der Waals surface area contributed by atoms with Gasteiger partial charge in [0.2, 0.25) is 11.9 Å². The summed E-state index contributed by atoms with van der Waals surface area (Å²) in [7, 11) is 0. The minimum Gasteiger partial charge on any atom is -0.368 e. The lowest BCUT2D eigenvalue weighted by Gasteiger charge is -2.00. The molecule has 0 aliphatic rings. The van der Waals surface area contributed by atoms with Gasteiger partial charge in [-0.3, -0.25) is 10.1 Å². The number of hydrazone groups is 1. The number of guanidine groups is 1. The maximum absolute atomic E-state index is 10.4. The van der Waals surface area contributed by atoms with E-state index >= 15 is 0 Å². The van der Waals surface area contributed by atoms with Crippen LogP contribution in [0.2, 0.25) is 0 Å². The lowest BCUT2D eigenvalue weighted by atomic mass is 10.5. The number of hydrogen-bond acceptors (Lipinski definition) is 3. The first kappa shape index (κ1) is 9.74. The third kappa shape index (κ3) is 6.63. The standard InChI is InChI=1S/C6H14N4O/c1-3-4-8-10-6(7)9-5(2)11/h8H,3-4H2,1-2H3,(H3,7,9,10,11). The summed E-state index contributed by atoms with van der Waals surface area (Å²) in [5, 5.41) is 5.99. The minimum atomic E-state index is -0.218. The van der Waals surface area contributed by atoms with Gasteiger partial charge in [0.1, 0.15) is 0 Å². The van der Waals surface area contributed by atoms with Crippen LogP contribution in [0, 0.1) is 0 Å². The highest BCUT2D eigenvalue weighted by Gasteiger charge is 1.92. The highest BCUT2D eigenvalue weighted by atomic mass is 16.1. The number of carbonyl (C=O) groups is 1. The molecule has 5 heteroatoms. The zero-order chi connectivity index (χ0) is 8.69. The zero-order valence-electron chi connectivity index (χ0n) is 6.85. The zero-order valence-corrected chi connectivity index (χ0v) is 6.85. The van der Waals surface area contributed by atoms with Crippen LogP contribution < -0.4 is 16.5 Å². The molecule has 0 aliphatic heterocycles. The largest absolute Gasteiger partial charge is 0.368 e. The number of nitrogens with one attached hydrogen (secondary N) is 2. The Balaban J connectivity index is 3.54. The molecule has 11 heavy (non-hydrogen) atoms. The number of carbonyl (C=O) groups excluding carboxylic acids is 1. The summed E-state index contributed by atoms with van der Waals surface area (Å²) in [4.78, 5) is 10.4. The van der Waals surface area contributed by atoms with Gasteiger partial charge in [0.05, 0.1) is 0 Å².